The third-order valence-corrected chi connectivity index (χ3v) is 10.7. The quantitative estimate of drug-likeness (QED) is 0.0348. The molecule has 0 aromatic rings. The van der Waals surface area contributed by atoms with Crippen molar-refractivity contribution in [3.05, 3.63) is 25.8 Å². The van der Waals surface area contributed by atoms with Gasteiger partial charge in [-0.05, 0) is 51.0 Å². The van der Waals surface area contributed by atoms with E-state index in [-0.39, 0.29) is 11.8 Å². The fourth-order valence-corrected chi connectivity index (χ4v) is 6.21. The molecule has 73 heavy (non-hydrogen) atoms. The number of ether oxygens (including phenoxy) is 6. The first-order valence-corrected chi connectivity index (χ1v) is 28.0. The molecule has 0 rings (SSSR count). The van der Waals surface area contributed by atoms with Crippen LogP contribution in [0.1, 0.15) is 227 Å². The highest BCUT2D eigenvalue weighted by atomic mass is 16.5. The Bertz CT molecular complexity index is 827. The van der Waals surface area contributed by atoms with Crippen LogP contribution < -0.4 is 5.32 Å². The van der Waals surface area contributed by atoms with Crippen LogP contribution in [0.15, 0.2) is 25.8 Å². The number of carbonyl (C=O) groups excluding carboxylic acids is 6. The standard InChI is InChI=1S/C9H18O2.3C9H20O.C8H12O2.C7H12O2.C6H15NO2.C2H4.CH2O/c1-2-3-4-5-6-7-8-11-9-10;3*1-3-4-5-6-7-8-9-10-2;1-2-3-8(4-6-9)5-7-10;1-2-7(3-5-8)4-6-9;1-7-6(4-8-2)5-9-3;2*1-2/h9H,2-8H2,1H3;3*3-9H2,1-2H3;2,6-8H,1,3-5H2;5-7H,2-4H2,1H3;6-7H,4-5H2,1-3H3;1-2H2;1H2. The number of allylic oxidation sites excluding steroid dienone is 1. The number of rotatable bonds is 45. The molecule has 0 atom stereocenters. The molecule has 13 nitrogen and oxygen atoms in total. The summed E-state index contributed by atoms with van der Waals surface area (Å²) in [5.41, 5.74) is 0. The van der Waals surface area contributed by atoms with Crippen LogP contribution in [0.25, 0.3) is 0 Å². The normalized spacial score (nSPS) is 9.51. The second-order valence-electron chi connectivity index (χ2n) is 17.2. The zero-order valence-corrected chi connectivity index (χ0v) is 49.9. The third-order valence-electron chi connectivity index (χ3n) is 10.7. The van der Waals surface area contributed by atoms with Crippen LogP contribution in [0.4, 0.5) is 0 Å². The lowest BCUT2D eigenvalue weighted by molar-refractivity contribution is -0.128. The molecule has 0 spiro atoms. The van der Waals surface area contributed by atoms with Crippen LogP contribution in [-0.4, -0.2) is 127 Å². The van der Waals surface area contributed by atoms with Crippen molar-refractivity contribution in [2.24, 2.45) is 11.8 Å². The zero-order chi connectivity index (χ0) is 57.4. The summed E-state index contributed by atoms with van der Waals surface area (Å²) in [5, 5.41) is 3.05. The van der Waals surface area contributed by atoms with E-state index in [1.165, 1.54) is 148 Å². The highest BCUT2D eigenvalue weighted by Crippen LogP contribution is 2.11. The summed E-state index contributed by atoms with van der Waals surface area (Å²) in [6, 6.07) is 0.319. The lowest BCUT2D eigenvalue weighted by Gasteiger charge is -2.12. The zero-order valence-electron chi connectivity index (χ0n) is 49.9. The number of hydrogen-bond donors (Lipinski definition) is 1. The fourth-order valence-electron chi connectivity index (χ4n) is 6.21. The van der Waals surface area contributed by atoms with Gasteiger partial charge < -0.3 is 57.7 Å². The average molecular weight is 1050 g/mol. The van der Waals surface area contributed by atoms with Crippen LogP contribution >= 0.6 is 0 Å². The molecule has 0 aromatic carbocycles. The number of likely N-dealkylation sites (N-methyl/N-ethyl adjacent to an activating group) is 1. The second kappa shape index (κ2) is 106. The summed E-state index contributed by atoms with van der Waals surface area (Å²) in [6.45, 7) is 27.8. The van der Waals surface area contributed by atoms with Gasteiger partial charge in [-0.1, -0.05) is 176 Å². The van der Waals surface area contributed by atoms with Gasteiger partial charge in [0.15, 0.2) is 0 Å². The first-order chi connectivity index (χ1) is 35.7. The van der Waals surface area contributed by atoms with E-state index in [9.17, 15) is 24.0 Å². The van der Waals surface area contributed by atoms with E-state index < -0.39 is 0 Å². The van der Waals surface area contributed by atoms with Crippen LogP contribution in [0.3, 0.4) is 0 Å². The molecule has 0 aliphatic heterocycles. The lowest BCUT2D eigenvalue weighted by atomic mass is 9.99. The average Bonchev–Trinajstić information content (AvgIpc) is 3.41. The SMILES string of the molecule is C=C.C=CCC(CC=O)CC=O.C=O.CCC(CC=O)CC=O.CCCCCCCCOC.CCCCCCCCOC.CCCCCCCCOC.CCCCCCCCOC=O.CNC(COC)COC. The Labute approximate surface area is 452 Å². The molecule has 440 valence electrons. The monoisotopic (exact) mass is 1050 g/mol. The Kier molecular flexibility index (Phi) is 130. The largest absolute Gasteiger partial charge is 0.468 e. The molecule has 0 aliphatic carbocycles. The molecule has 1 N–H and O–H groups in total. The number of methoxy groups -OCH3 is 5. The molecular formula is C60H123NO12. The minimum Gasteiger partial charge on any atom is -0.468 e. The summed E-state index contributed by atoms with van der Waals surface area (Å²) in [6.07, 6.45) is 40.5. The predicted molar refractivity (Wildman–Crippen MR) is 311 cm³/mol. The second-order valence-corrected chi connectivity index (χ2v) is 17.2. The number of carbonyl (C=O) groups is 6. The molecule has 0 unspecified atom stereocenters. The number of unbranched alkanes of at least 4 members (excludes halogenated alkanes) is 20. The third kappa shape index (κ3) is 119. The fraction of sp³-hybridized carbons (Fsp3) is 0.833. The molecular weight excluding hydrogens is 927 g/mol. The number of hydrogen-bond acceptors (Lipinski definition) is 13. The van der Waals surface area contributed by atoms with Gasteiger partial charge in [-0.25, -0.2) is 0 Å². The predicted octanol–water partition coefficient (Wildman–Crippen LogP) is 14.5. The molecule has 0 heterocycles. The van der Waals surface area contributed by atoms with Crippen molar-refractivity contribution < 1.29 is 57.2 Å². The van der Waals surface area contributed by atoms with Crippen LogP contribution in [-0.2, 0) is 57.2 Å². The Morgan fingerprint density at radius 2 is 0.671 bits per heavy atom. The molecule has 0 saturated carbocycles. The van der Waals surface area contributed by atoms with Crippen molar-refractivity contribution in [2.45, 2.75) is 233 Å². The van der Waals surface area contributed by atoms with E-state index in [0.29, 0.717) is 58.0 Å². The van der Waals surface area contributed by atoms with E-state index in [0.717, 1.165) is 64.2 Å². The van der Waals surface area contributed by atoms with Gasteiger partial charge in [-0.2, -0.15) is 0 Å². The number of nitrogens with one attached hydrogen (secondary N) is 1. The highest BCUT2D eigenvalue weighted by molar-refractivity contribution is 5.54. The summed E-state index contributed by atoms with van der Waals surface area (Å²) < 4.78 is 29.2. The van der Waals surface area contributed by atoms with E-state index in [1.807, 2.05) is 20.8 Å². The molecule has 0 amide bonds. The lowest BCUT2D eigenvalue weighted by Crippen LogP contribution is -2.34. The Morgan fingerprint density at radius 1 is 0.397 bits per heavy atom. The van der Waals surface area contributed by atoms with E-state index in [1.54, 1.807) is 41.6 Å². The molecule has 0 saturated heterocycles. The maximum absolute atomic E-state index is 10.0. The summed E-state index contributed by atoms with van der Waals surface area (Å²) in [7, 11) is 10.6. The van der Waals surface area contributed by atoms with Crippen molar-refractivity contribution in [3.8, 4) is 0 Å². The number of aldehydes is 4. The van der Waals surface area contributed by atoms with Crippen LogP contribution in [0, 0.1) is 11.8 Å². The van der Waals surface area contributed by atoms with Gasteiger partial charge in [-0.15, -0.1) is 19.7 Å². The van der Waals surface area contributed by atoms with E-state index in [2.05, 4.69) is 57.5 Å². The topological polar surface area (TPSA) is 170 Å². The van der Waals surface area contributed by atoms with Gasteiger partial charge in [-0.3, -0.25) is 4.79 Å². The van der Waals surface area contributed by atoms with Gasteiger partial charge in [0.1, 0.15) is 31.9 Å². The molecule has 0 fully saturated rings. The van der Waals surface area contributed by atoms with Crippen molar-refractivity contribution >= 4 is 38.4 Å². The minimum atomic E-state index is 0.174. The Hall–Kier alpha value is -2.94. The highest BCUT2D eigenvalue weighted by Gasteiger charge is 2.04. The van der Waals surface area contributed by atoms with Gasteiger partial charge in [0.2, 0.25) is 0 Å². The van der Waals surface area contributed by atoms with Gasteiger partial charge in [0, 0.05) is 81.1 Å². The molecule has 13 heteroatoms. The maximum Gasteiger partial charge on any atom is 0.293 e. The van der Waals surface area contributed by atoms with E-state index >= 15 is 0 Å². The van der Waals surface area contributed by atoms with Crippen LogP contribution in [0.5, 0.6) is 0 Å². The van der Waals surface area contributed by atoms with Gasteiger partial charge in [0.25, 0.3) is 6.47 Å². The Morgan fingerprint density at radius 3 is 0.890 bits per heavy atom. The first-order valence-electron chi connectivity index (χ1n) is 28.0. The van der Waals surface area contributed by atoms with Gasteiger partial charge >= 0.3 is 0 Å². The van der Waals surface area contributed by atoms with Gasteiger partial charge in [0.05, 0.1) is 25.9 Å². The summed E-state index contributed by atoms with van der Waals surface area (Å²) in [4.78, 5) is 57.6. The van der Waals surface area contributed by atoms with Crippen molar-refractivity contribution in [1.82, 2.24) is 5.32 Å². The summed E-state index contributed by atoms with van der Waals surface area (Å²) >= 11 is 0. The van der Waals surface area contributed by atoms with Crippen molar-refractivity contribution in [3.63, 3.8) is 0 Å². The summed E-state index contributed by atoms with van der Waals surface area (Å²) in [5.74, 6) is 0.451. The Balaban J connectivity index is -0.0000000924. The minimum absolute atomic E-state index is 0.174. The van der Waals surface area contributed by atoms with Crippen molar-refractivity contribution in [1.29, 1.82) is 0 Å². The van der Waals surface area contributed by atoms with Crippen LogP contribution in [0.2, 0.25) is 0 Å². The first kappa shape index (κ1) is 89.6. The molecule has 0 bridgehead atoms. The maximum atomic E-state index is 10.0. The molecule has 0 aliphatic rings. The van der Waals surface area contributed by atoms with Crippen molar-refractivity contribution in [2.75, 3.05) is 82.2 Å². The molecule has 0 radical (unpaired) electrons. The van der Waals surface area contributed by atoms with E-state index in [4.69, 9.17) is 28.5 Å². The smallest absolute Gasteiger partial charge is 0.293 e. The molecule has 0 aromatic heterocycles.